The van der Waals surface area contributed by atoms with Crippen molar-refractivity contribution in [3.63, 3.8) is 0 Å². The highest BCUT2D eigenvalue weighted by Gasteiger charge is 2.65. The molecule has 0 unspecified atom stereocenters. The lowest BCUT2D eigenvalue weighted by molar-refractivity contribution is -0.161. The number of anilines is 1. The first-order chi connectivity index (χ1) is 16.9. The molecule has 2 aliphatic rings. The summed E-state index contributed by atoms with van der Waals surface area (Å²) in [5.74, 6) is -1.43. The Bertz CT molecular complexity index is 1320. The van der Waals surface area contributed by atoms with Gasteiger partial charge in [-0.25, -0.2) is 14.4 Å². The zero-order valence-corrected chi connectivity index (χ0v) is 19.9. The number of pyridine rings is 2. The van der Waals surface area contributed by atoms with E-state index < -0.39 is 28.9 Å². The number of amides is 1. The number of hydrogen-bond acceptors (Lipinski definition) is 5. The molecule has 1 aliphatic carbocycles. The van der Waals surface area contributed by atoms with Gasteiger partial charge in [0.15, 0.2) is 11.5 Å². The van der Waals surface area contributed by atoms with E-state index in [-0.39, 0.29) is 47.0 Å². The monoisotopic (exact) mass is 505 g/mol. The lowest BCUT2D eigenvalue weighted by Gasteiger charge is -2.23. The molecule has 1 saturated carbocycles. The van der Waals surface area contributed by atoms with E-state index in [0.29, 0.717) is 0 Å². The molecule has 3 N–H and O–H groups in total. The average molecular weight is 506 g/mol. The number of nitrogens with one attached hydrogen (secondary N) is 2. The zero-order valence-electron chi connectivity index (χ0n) is 19.9. The molecule has 192 valence electrons. The number of halogens is 4. The molecule has 3 aromatic rings. The molecule has 7 nitrogen and oxygen atoms in total. The minimum Gasteiger partial charge on any atom is -0.386 e. The number of nitrogens with zero attached hydrogens (tertiary/aromatic N) is 3. The van der Waals surface area contributed by atoms with Crippen LogP contribution >= 0.6 is 0 Å². The van der Waals surface area contributed by atoms with Crippen molar-refractivity contribution in [3.8, 4) is 0 Å². The summed E-state index contributed by atoms with van der Waals surface area (Å²) in [5.41, 5.74) is -3.60. The highest BCUT2D eigenvalue weighted by molar-refractivity contribution is 6.03. The summed E-state index contributed by atoms with van der Waals surface area (Å²) in [5, 5.41) is 16.5. The van der Waals surface area contributed by atoms with Gasteiger partial charge >= 0.3 is 6.18 Å². The van der Waals surface area contributed by atoms with E-state index in [1.54, 1.807) is 6.20 Å². The van der Waals surface area contributed by atoms with Gasteiger partial charge in [-0.1, -0.05) is 6.07 Å². The molecule has 0 spiro atoms. The van der Waals surface area contributed by atoms with Crippen LogP contribution in [0.25, 0.3) is 5.65 Å². The fourth-order valence-corrected chi connectivity index (χ4v) is 4.94. The van der Waals surface area contributed by atoms with Crippen LogP contribution in [0.2, 0.25) is 0 Å². The topological polar surface area (TPSA) is 91.5 Å². The van der Waals surface area contributed by atoms with E-state index in [0.717, 1.165) is 31.6 Å². The van der Waals surface area contributed by atoms with Gasteiger partial charge < -0.3 is 20.1 Å². The van der Waals surface area contributed by atoms with Crippen molar-refractivity contribution < 1.29 is 27.5 Å². The molecule has 2 fully saturated rings. The summed E-state index contributed by atoms with van der Waals surface area (Å²) >= 11 is 0. The van der Waals surface area contributed by atoms with Crippen molar-refractivity contribution in [1.29, 1.82) is 0 Å². The van der Waals surface area contributed by atoms with Crippen LogP contribution in [0.15, 0.2) is 30.6 Å². The maximum atomic E-state index is 15.7. The lowest BCUT2D eigenvalue weighted by atomic mass is 9.95. The van der Waals surface area contributed by atoms with E-state index in [4.69, 9.17) is 0 Å². The molecule has 1 aliphatic heterocycles. The summed E-state index contributed by atoms with van der Waals surface area (Å²) in [6, 6.07) is 3.92. The molecule has 0 bridgehead atoms. The highest BCUT2D eigenvalue weighted by Crippen LogP contribution is 2.58. The van der Waals surface area contributed by atoms with Crippen molar-refractivity contribution in [2.24, 2.45) is 0 Å². The van der Waals surface area contributed by atoms with Crippen molar-refractivity contribution in [3.05, 3.63) is 59.1 Å². The number of hydrogen-bond donors (Lipinski definition) is 3. The standard InChI is InChI=1S/C25H27F4N5O2/c1-23(2,36)19-17(13-34-12-16(32-21(34)20(19)26)14-6-10-30-11-7-14)33-22(35)15-4-3-5-18(31-15)24(8-9-24)25(27,28)29/h3-5,12-14,30,36H,6-11H2,1-2H3,(H,33,35). The van der Waals surface area contributed by atoms with Gasteiger partial charge in [0.1, 0.15) is 11.1 Å². The van der Waals surface area contributed by atoms with Crippen LogP contribution in [0.3, 0.4) is 0 Å². The molecular weight excluding hydrogens is 478 g/mol. The first kappa shape index (κ1) is 24.6. The van der Waals surface area contributed by atoms with Gasteiger partial charge in [-0.15, -0.1) is 0 Å². The zero-order chi connectivity index (χ0) is 25.9. The van der Waals surface area contributed by atoms with Crippen LogP contribution in [0.1, 0.15) is 72.9 Å². The fraction of sp³-hybridized carbons (Fsp3) is 0.480. The van der Waals surface area contributed by atoms with Gasteiger partial charge in [0.25, 0.3) is 5.91 Å². The van der Waals surface area contributed by atoms with E-state index in [2.05, 4.69) is 20.6 Å². The molecule has 4 heterocycles. The van der Waals surface area contributed by atoms with Gasteiger partial charge in [0, 0.05) is 23.9 Å². The number of imidazole rings is 1. The third-order valence-corrected chi connectivity index (χ3v) is 7.09. The van der Waals surface area contributed by atoms with Crippen molar-refractivity contribution in [2.75, 3.05) is 18.4 Å². The number of piperidine rings is 1. The van der Waals surface area contributed by atoms with Gasteiger partial charge in [0.05, 0.1) is 22.7 Å². The van der Waals surface area contributed by atoms with Gasteiger partial charge in [-0.05, 0) is 64.8 Å². The van der Waals surface area contributed by atoms with Gasteiger partial charge in [0.2, 0.25) is 0 Å². The number of carbonyl (C=O) groups is 1. The van der Waals surface area contributed by atoms with E-state index in [9.17, 15) is 23.1 Å². The Hall–Kier alpha value is -3.05. The Morgan fingerprint density at radius 3 is 2.47 bits per heavy atom. The van der Waals surface area contributed by atoms with Crippen molar-refractivity contribution in [1.82, 2.24) is 19.7 Å². The molecule has 36 heavy (non-hydrogen) atoms. The minimum atomic E-state index is -4.47. The van der Waals surface area contributed by atoms with Crippen molar-refractivity contribution >= 4 is 17.2 Å². The molecule has 5 rings (SSSR count). The van der Waals surface area contributed by atoms with Crippen LogP contribution in [0, 0.1) is 5.82 Å². The average Bonchev–Trinajstić information content (AvgIpc) is 3.53. The Kier molecular flexibility index (Phi) is 5.83. The Morgan fingerprint density at radius 2 is 1.86 bits per heavy atom. The van der Waals surface area contributed by atoms with E-state index in [1.807, 2.05) is 0 Å². The second kappa shape index (κ2) is 8.52. The highest BCUT2D eigenvalue weighted by atomic mass is 19.4. The van der Waals surface area contributed by atoms with E-state index in [1.165, 1.54) is 42.6 Å². The molecular formula is C25H27F4N5O2. The van der Waals surface area contributed by atoms with Gasteiger partial charge in [-0.3, -0.25) is 4.79 Å². The Balaban J connectivity index is 1.51. The number of aliphatic hydroxyl groups is 1. The summed E-state index contributed by atoms with van der Waals surface area (Å²) in [6.45, 7) is 4.43. The summed E-state index contributed by atoms with van der Waals surface area (Å²) in [7, 11) is 0. The minimum absolute atomic E-state index is 0.0177. The maximum absolute atomic E-state index is 15.7. The number of alkyl halides is 3. The Labute approximate surface area is 204 Å². The van der Waals surface area contributed by atoms with Crippen LogP contribution in [-0.2, 0) is 11.0 Å². The molecule has 1 saturated heterocycles. The molecule has 0 atom stereocenters. The normalized spacial score (nSPS) is 18.4. The quantitative estimate of drug-likeness (QED) is 0.447. The Morgan fingerprint density at radius 1 is 1.17 bits per heavy atom. The number of fused-ring (bicyclic) bond motifs is 1. The second-order valence-electron chi connectivity index (χ2n) is 10.2. The first-order valence-electron chi connectivity index (χ1n) is 11.9. The lowest BCUT2D eigenvalue weighted by Crippen LogP contribution is -2.30. The largest absolute Gasteiger partial charge is 0.399 e. The predicted molar refractivity (Wildman–Crippen MR) is 124 cm³/mol. The van der Waals surface area contributed by atoms with Crippen LogP contribution in [0.5, 0.6) is 0 Å². The maximum Gasteiger partial charge on any atom is 0.399 e. The molecule has 0 aromatic carbocycles. The van der Waals surface area contributed by atoms with Gasteiger partial charge in [-0.2, -0.15) is 13.2 Å². The smallest absolute Gasteiger partial charge is 0.386 e. The van der Waals surface area contributed by atoms with Crippen LogP contribution < -0.4 is 10.6 Å². The summed E-state index contributed by atoms with van der Waals surface area (Å²) in [6.07, 6.45) is 0.244. The number of aromatic nitrogens is 3. The van der Waals surface area contributed by atoms with Crippen molar-refractivity contribution in [2.45, 2.75) is 62.6 Å². The number of carbonyl (C=O) groups excluding carboxylic acids is 1. The molecule has 1 amide bonds. The fourth-order valence-electron chi connectivity index (χ4n) is 4.94. The molecule has 11 heteroatoms. The SMILES string of the molecule is CC(C)(O)c1c(NC(=O)c2cccc(C3(C(F)(F)F)CC3)n2)cn2cc(C3CCNCC3)nc2c1F. The van der Waals surface area contributed by atoms with Crippen LogP contribution in [-0.4, -0.2) is 44.6 Å². The third kappa shape index (κ3) is 4.24. The summed E-state index contributed by atoms with van der Waals surface area (Å²) < 4.78 is 57.8. The van der Waals surface area contributed by atoms with Crippen LogP contribution in [0.4, 0.5) is 23.2 Å². The third-order valence-electron chi connectivity index (χ3n) is 7.09. The first-order valence-corrected chi connectivity index (χ1v) is 11.9. The molecule has 3 aromatic heterocycles. The van der Waals surface area contributed by atoms with E-state index >= 15 is 4.39 Å². The predicted octanol–water partition coefficient (Wildman–Crippen LogP) is 4.41. The molecule has 0 radical (unpaired) electrons. The second-order valence-corrected chi connectivity index (χ2v) is 10.2. The number of rotatable bonds is 5. The summed E-state index contributed by atoms with van der Waals surface area (Å²) in [4.78, 5) is 21.5.